The Labute approximate surface area is 186 Å². The minimum Gasteiger partial charge on any atom is -0.338 e. The Bertz CT molecular complexity index is 834. The molecule has 168 valence electrons. The highest BCUT2D eigenvalue weighted by Crippen LogP contribution is 2.32. The van der Waals surface area contributed by atoms with Gasteiger partial charge in [-0.3, -0.25) is 14.6 Å². The second kappa shape index (κ2) is 9.43. The number of hydrogen-bond acceptors (Lipinski definition) is 4. The lowest BCUT2D eigenvalue weighted by molar-refractivity contribution is -0.143. The Morgan fingerprint density at radius 3 is 2.65 bits per heavy atom. The lowest BCUT2D eigenvalue weighted by Crippen LogP contribution is -2.58. The summed E-state index contributed by atoms with van der Waals surface area (Å²) >= 11 is 0. The molecule has 3 atom stereocenters. The van der Waals surface area contributed by atoms with Gasteiger partial charge < -0.3 is 9.80 Å². The van der Waals surface area contributed by atoms with Gasteiger partial charge in [0, 0.05) is 19.1 Å². The fourth-order valence-corrected chi connectivity index (χ4v) is 5.04. The lowest BCUT2D eigenvalue weighted by atomic mass is 10.0. The predicted octanol–water partition coefficient (Wildman–Crippen LogP) is 3.54. The molecule has 1 aromatic carbocycles. The van der Waals surface area contributed by atoms with E-state index in [4.69, 9.17) is 0 Å². The second-order valence-corrected chi connectivity index (χ2v) is 9.35. The van der Waals surface area contributed by atoms with Crippen LogP contribution in [0.15, 0.2) is 36.0 Å². The number of nitrogens with one attached hydrogen (secondary N) is 1. The quantitative estimate of drug-likeness (QED) is 0.680. The number of carbonyl (C=O) groups is 2. The highest BCUT2D eigenvalue weighted by molar-refractivity contribution is 5.96. The smallest absolute Gasteiger partial charge is 0.271 e. The first-order valence-electron chi connectivity index (χ1n) is 11.9. The van der Waals surface area contributed by atoms with Crippen molar-refractivity contribution >= 4 is 11.8 Å². The molecule has 0 aliphatic carbocycles. The minimum absolute atomic E-state index is 0.0116. The number of hydrazine groups is 1. The molecule has 3 unspecified atom stereocenters. The molecule has 0 aromatic heterocycles. The number of fused-ring (bicyclic) bond motifs is 1. The summed E-state index contributed by atoms with van der Waals surface area (Å²) < 4.78 is 0. The standard InChI is InChI=1S/C25H36N4O2/c1-4-5-6-9-21-16-27(17-24(30)28-14-7-8-19(28)3)25(31)23-15-22(26-29(21)23)20-12-10-18(2)11-13-20/h10-13,15,19,21-22,26H,4-9,14,16-17H2,1-3H3. The van der Waals surface area contributed by atoms with Crippen LogP contribution >= 0.6 is 0 Å². The fourth-order valence-electron chi connectivity index (χ4n) is 5.04. The molecule has 3 aliphatic heterocycles. The number of unbranched alkanes of at least 4 members (excludes halogenated alkanes) is 2. The van der Waals surface area contributed by atoms with Crippen LogP contribution in [-0.2, 0) is 9.59 Å². The number of rotatable bonds is 7. The summed E-state index contributed by atoms with van der Waals surface area (Å²) in [5, 5.41) is 2.09. The maximum atomic E-state index is 13.4. The maximum absolute atomic E-state index is 13.4. The predicted molar refractivity (Wildman–Crippen MR) is 122 cm³/mol. The molecule has 0 saturated carbocycles. The van der Waals surface area contributed by atoms with Crippen molar-refractivity contribution < 1.29 is 9.59 Å². The summed E-state index contributed by atoms with van der Waals surface area (Å²) in [5.74, 6) is 0.0507. The molecule has 3 heterocycles. The Morgan fingerprint density at radius 1 is 1.19 bits per heavy atom. The first-order valence-corrected chi connectivity index (χ1v) is 11.9. The van der Waals surface area contributed by atoms with Gasteiger partial charge in [-0.1, -0.05) is 56.0 Å². The van der Waals surface area contributed by atoms with Crippen LogP contribution in [0.25, 0.3) is 0 Å². The van der Waals surface area contributed by atoms with E-state index in [1.54, 1.807) is 4.90 Å². The summed E-state index contributed by atoms with van der Waals surface area (Å²) in [6.45, 7) is 7.99. The number of hydrogen-bond donors (Lipinski definition) is 1. The molecular formula is C25H36N4O2. The molecule has 1 N–H and O–H groups in total. The van der Waals surface area contributed by atoms with Crippen LogP contribution in [-0.4, -0.2) is 58.3 Å². The molecule has 2 fully saturated rings. The van der Waals surface area contributed by atoms with E-state index >= 15 is 0 Å². The Kier molecular flexibility index (Phi) is 6.65. The van der Waals surface area contributed by atoms with Gasteiger partial charge in [0.15, 0.2) is 0 Å². The Hall–Kier alpha value is -2.34. The van der Waals surface area contributed by atoms with Gasteiger partial charge in [0.05, 0.1) is 12.1 Å². The number of likely N-dealkylation sites (tertiary alicyclic amines) is 1. The molecule has 0 spiro atoms. The lowest BCUT2D eigenvalue weighted by Gasteiger charge is -2.42. The van der Waals surface area contributed by atoms with Gasteiger partial charge in [0.1, 0.15) is 12.2 Å². The van der Waals surface area contributed by atoms with Crippen molar-refractivity contribution in [2.24, 2.45) is 0 Å². The number of carbonyl (C=O) groups excluding carboxylic acids is 2. The van der Waals surface area contributed by atoms with Gasteiger partial charge in [-0.05, 0) is 44.7 Å². The third-order valence-corrected chi connectivity index (χ3v) is 6.94. The largest absolute Gasteiger partial charge is 0.338 e. The maximum Gasteiger partial charge on any atom is 0.271 e. The normalized spacial score (nSPS) is 25.8. The first-order chi connectivity index (χ1) is 15.0. The Morgan fingerprint density at radius 2 is 1.97 bits per heavy atom. The zero-order chi connectivity index (χ0) is 22.0. The van der Waals surface area contributed by atoms with Crippen LogP contribution in [0.4, 0.5) is 0 Å². The summed E-state index contributed by atoms with van der Waals surface area (Å²) in [6, 6.07) is 8.91. The molecule has 2 saturated heterocycles. The van der Waals surface area contributed by atoms with Gasteiger partial charge >= 0.3 is 0 Å². The summed E-state index contributed by atoms with van der Waals surface area (Å²) in [6.07, 6.45) is 8.64. The van der Waals surface area contributed by atoms with Crippen molar-refractivity contribution in [3.8, 4) is 0 Å². The molecule has 1 aromatic rings. The van der Waals surface area contributed by atoms with E-state index in [0.29, 0.717) is 12.2 Å². The minimum atomic E-state index is -0.0333. The van der Waals surface area contributed by atoms with E-state index in [1.807, 2.05) is 11.0 Å². The van der Waals surface area contributed by atoms with E-state index in [1.165, 1.54) is 18.4 Å². The third-order valence-electron chi connectivity index (χ3n) is 6.94. The molecule has 31 heavy (non-hydrogen) atoms. The molecule has 4 rings (SSSR count). The summed E-state index contributed by atoms with van der Waals surface area (Å²) in [7, 11) is 0. The van der Waals surface area contributed by atoms with Crippen molar-refractivity contribution in [1.29, 1.82) is 0 Å². The molecule has 3 aliphatic rings. The summed E-state index contributed by atoms with van der Waals surface area (Å²) in [4.78, 5) is 30.0. The van der Waals surface area contributed by atoms with Crippen molar-refractivity contribution in [2.45, 2.75) is 77.4 Å². The zero-order valence-corrected chi connectivity index (χ0v) is 19.1. The van der Waals surface area contributed by atoms with Crippen molar-refractivity contribution in [2.75, 3.05) is 19.6 Å². The third kappa shape index (κ3) is 4.64. The molecular weight excluding hydrogens is 388 g/mol. The van der Waals surface area contributed by atoms with Crippen LogP contribution in [0.3, 0.4) is 0 Å². The van der Waals surface area contributed by atoms with E-state index in [9.17, 15) is 9.59 Å². The fraction of sp³-hybridized carbons (Fsp3) is 0.600. The van der Waals surface area contributed by atoms with Crippen LogP contribution < -0.4 is 5.43 Å². The van der Waals surface area contributed by atoms with Gasteiger partial charge in [-0.25, -0.2) is 5.43 Å². The van der Waals surface area contributed by atoms with Crippen LogP contribution in [0.5, 0.6) is 0 Å². The van der Waals surface area contributed by atoms with Crippen LogP contribution in [0.2, 0.25) is 0 Å². The van der Waals surface area contributed by atoms with Crippen LogP contribution in [0.1, 0.15) is 69.5 Å². The molecule has 6 nitrogen and oxygen atoms in total. The van der Waals surface area contributed by atoms with Gasteiger partial charge in [-0.15, -0.1) is 0 Å². The molecule has 2 amide bonds. The van der Waals surface area contributed by atoms with Crippen LogP contribution in [0, 0.1) is 6.92 Å². The summed E-state index contributed by atoms with van der Waals surface area (Å²) in [5.41, 5.74) is 6.64. The highest BCUT2D eigenvalue weighted by atomic mass is 16.2. The van der Waals surface area contributed by atoms with E-state index in [2.05, 4.69) is 55.5 Å². The zero-order valence-electron chi connectivity index (χ0n) is 19.1. The average molecular weight is 425 g/mol. The van der Waals surface area contributed by atoms with E-state index in [0.717, 1.165) is 37.8 Å². The molecule has 0 bridgehead atoms. The molecule has 0 radical (unpaired) electrons. The number of aryl methyl sites for hydroxylation is 1. The second-order valence-electron chi connectivity index (χ2n) is 9.35. The van der Waals surface area contributed by atoms with Gasteiger partial charge in [0.25, 0.3) is 5.91 Å². The van der Waals surface area contributed by atoms with Gasteiger partial charge in [-0.2, -0.15) is 0 Å². The number of amides is 2. The number of benzene rings is 1. The van der Waals surface area contributed by atoms with E-state index < -0.39 is 0 Å². The Balaban J connectivity index is 1.53. The topological polar surface area (TPSA) is 55.9 Å². The van der Waals surface area contributed by atoms with Crippen molar-refractivity contribution in [3.63, 3.8) is 0 Å². The number of piperazine rings is 1. The van der Waals surface area contributed by atoms with E-state index in [-0.39, 0.29) is 36.5 Å². The first kappa shape index (κ1) is 21.9. The van der Waals surface area contributed by atoms with Gasteiger partial charge in [0.2, 0.25) is 5.91 Å². The van der Waals surface area contributed by atoms with Crippen molar-refractivity contribution in [1.82, 2.24) is 20.2 Å². The van der Waals surface area contributed by atoms with Crippen molar-refractivity contribution in [3.05, 3.63) is 47.2 Å². The number of nitrogens with zero attached hydrogens (tertiary/aromatic N) is 3. The highest BCUT2D eigenvalue weighted by Gasteiger charge is 2.41. The monoisotopic (exact) mass is 424 g/mol. The molecule has 6 heteroatoms. The SMILES string of the molecule is CCCCCC1CN(CC(=O)N2CCCC2C)C(=O)C2=CC(c3ccc(C)cc3)NN21. The average Bonchev–Trinajstić information content (AvgIpc) is 3.39.